The molecule has 2 heteroatoms. The summed E-state index contributed by atoms with van der Waals surface area (Å²) in [5.41, 5.74) is 4.93. The summed E-state index contributed by atoms with van der Waals surface area (Å²) in [6.45, 7) is 25.3. The molecule has 1 aromatic carbocycles. The van der Waals surface area contributed by atoms with Gasteiger partial charge in [0.25, 0.3) is 0 Å². The van der Waals surface area contributed by atoms with E-state index in [2.05, 4.69) is 62.3 Å². The summed E-state index contributed by atoms with van der Waals surface area (Å²) in [7, 11) is 0. The number of phenols is 1. The third-order valence-corrected chi connectivity index (χ3v) is 8.10. The molecule has 1 heterocycles. The topological polar surface area (TPSA) is 29.5 Å². The molecular formula is C30H52O2. The summed E-state index contributed by atoms with van der Waals surface area (Å²) in [4.78, 5) is 0. The van der Waals surface area contributed by atoms with E-state index in [1.807, 2.05) is 13.8 Å². The lowest BCUT2D eigenvalue weighted by Crippen LogP contribution is -2.38. The number of aromatic hydroxyl groups is 1. The van der Waals surface area contributed by atoms with Crippen molar-refractivity contribution in [3.8, 4) is 11.5 Å². The molecule has 0 saturated heterocycles. The van der Waals surface area contributed by atoms with Crippen molar-refractivity contribution >= 4 is 0 Å². The zero-order chi connectivity index (χ0) is 24.5. The van der Waals surface area contributed by atoms with E-state index in [4.69, 9.17) is 4.74 Å². The van der Waals surface area contributed by atoms with E-state index in [0.717, 1.165) is 53.5 Å². The Hall–Kier alpha value is -1.18. The van der Waals surface area contributed by atoms with Crippen LogP contribution in [0.25, 0.3) is 0 Å². The number of hydrogen-bond acceptors (Lipinski definition) is 2. The van der Waals surface area contributed by atoms with Gasteiger partial charge in [-0.2, -0.15) is 0 Å². The molecule has 1 aliphatic heterocycles. The third-order valence-electron chi connectivity index (χ3n) is 8.10. The molecule has 32 heavy (non-hydrogen) atoms. The van der Waals surface area contributed by atoms with Crippen LogP contribution in [-0.2, 0) is 6.42 Å². The second-order valence-corrected chi connectivity index (χ2v) is 13.4. The molecule has 0 radical (unpaired) electrons. The zero-order valence-electron chi connectivity index (χ0n) is 23.2. The maximum atomic E-state index is 10.4. The molecule has 0 saturated carbocycles. The van der Waals surface area contributed by atoms with Crippen LogP contribution in [0.2, 0.25) is 0 Å². The summed E-state index contributed by atoms with van der Waals surface area (Å²) in [6.07, 6.45) is 9.54. The van der Waals surface area contributed by atoms with Crippen LogP contribution >= 0.6 is 0 Å². The zero-order valence-corrected chi connectivity index (χ0v) is 23.2. The standard InChI is InChI=1S/C30H52O2/c1-20(2)18-28(7,8)14-12-21(3)19-29(9,10)16-17-30(11)15-13-25-24(6)26(31)22(4)23(5)27(25)32-30/h20-21,31H,12-19H2,1-11H3. The second kappa shape index (κ2) is 9.98. The van der Waals surface area contributed by atoms with Gasteiger partial charge < -0.3 is 9.84 Å². The van der Waals surface area contributed by atoms with Crippen LogP contribution in [0.15, 0.2) is 0 Å². The minimum Gasteiger partial charge on any atom is -0.507 e. The first-order chi connectivity index (χ1) is 14.6. The monoisotopic (exact) mass is 444 g/mol. The van der Waals surface area contributed by atoms with Gasteiger partial charge in [0.15, 0.2) is 0 Å². The number of benzene rings is 1. The lowest BCUT2D eigenvalue weighted by molar-refractivity contribution is 0.0391. The Kier molecular flexibility index (Phi) is 8.44. The molecule has 2 nitrogen and oxygen atoms in total. The first-order valence-electron chi connectivity index (χ1n) is 13.1. The number of ether oxygens (including phenoxy) is 1. The quantitative estimate of drug-likeness (QED) is 0.390. The number of rotatable bonds is 10. The van der Waals surface area contributed by atoms with Gasteiger partial charge >= 0.3 is 0 Å². The van der Waals surface area contributed by atoms with E-state index >= 15 is 0 Å². The summed E-state index contributed by atoms with van der Waals surface area (Å²) < 4.78 is 6.69. The van der Waals surface area contributed by atoms with E-state index < -0.39 is 0 Å². The van der Waals surface area contributed by atoms with Gasteiger partial charge in [0.05, 0.1) is 0 Å². The van der Waals surface area contributed by atoms with E-state index in [9.17, 15) is 5.11 Å². The van der Waals surface area contributed by atoms with Crippen molar-refractivity contribution < 1.29 is 9.84 Å². The lowest BCUT2D eigenvalue weighted by atomic mass is 9.73. The van der Waals surface area contributed by atoms with Crippen LogP contribution in [0.5, 0.6) is 11.5 Å². The summed E-state index contributed by atoms with van der Waals surface area (Å²) in [5.74, 6) is 3.01. The molecule has 2 atom stereocenters. The molecule has 0 spiro atoms. The van der Waals surface area contributed by atoms with E-state index in [-0.39, 0.29) is 5.60 Å². The molecule has 0 bridgehead atoms. The van der Waals surface area contributed by atoms with Crippen molar-refractivity contribution in [1.29, 1.82) is 0 Å². The SMILES string of the molecule is Cc1c(C)c2c(c(C)c1O)CCC(C)(CCC(C)(C)CC(C)CCC(C)(C)CC(C)C)O2. The summed E-state index contributed by atoms with van der Waals surface area (Å²) >= 11 is 0. The molecule has 1 N–H and O–H groups in total. The predicted molar refractivity (Wildman–Crippen MR) is 139 cm³/mol. The van der Waals surface area contributed by atoms with Crippen LogP contribution < -0.4 is 4.74 Å². The Morgan fingerprint density at radius 1 is 0.906 bits per heavy atom. The highest BCUT2D eigenvalue weighted by Crippen LogP contribution is 2.46. The molecular weight excluding hydrogens is 392 g/mol. The van der Waals surface area contributed by atoms with Crippen LogP contribution in [-0.4, -0.2) is 10.7 Å². The van der Waals surface area contributed by atoms with Gasteiger partial charge in [-0.25, -0.2) is 0 Å². The number of phenolic OH excluding ortho intramolecular Hbond substituents is 1. The van der Waals surface area contributed by atoms with Crippen LogP contribution in [0.3, 0.4) is 0 Å². The maximum Gasteiger partial charge on any atom is 0.127 e. The van der Waals surface area contributed by atoms with E-state index in [1.54, 1.807) is 0 Å². The average Bonchev–Trinajstić information content (AvgIpc) is 2.67. The Bertz CT molecular complexity index is 787. The molecule has 0 fully saturated rings. The lowest BCUT2D eigenvalue weighted by Gasteiger charge is -2.40. The normalized spacial score (nSPS) is 20.2. The smallest absolute Gasteiger partial charge is 0.127 e. The molecule has 1 aliphatic rings. The first-order valence-corrected chi connectivity index (χ1v) is 13.1. The summed E-state index contributed by atoms with van der Waals surface area (Å²) in [6, 6.07) is 0. The van der Waals surface area contributed by atoms with Gasteiger partial charge in [-0.3, -0.25) is 0 Å². The Labute approximate surface area is 199 Å². The molecule has 2 unspecified atom stereocenters. The number of fused-ring (bicyclic) bond motifs is 1. The highest BCUT2D eigenvalue weighted by atomic mass is 16.5. The van der Waals surface area contributed by atoms with Gasteiger partial charge in [0.1, 0.15) is 17.1 Å². The molecule has 2 rings (SSSR count). The van der Waals surface area contributed by atoms with Crippen molar-refractivity contribution in [2.75, 3.05) is 0 Å². The Morgan fingerprint density at radius 3 is 2.09 bits per heavy atom. The van der Waals surface area contributed by atoms with E-state index in [0.29, 0.717) is 16.6 Å². The van der Waals surface area contributed by atoms with Crippen LogP contribution in [0, 0.1) is 43.4 Å². The van der Waals surface area contributed by atoms with Crippen LogP contribution in [0.1, 0.15) is 123 Å². The molecule has 0 aromatic heterocycles. The first kappa shape index (κ1) is 27.1. The van der Waals surface area contributed by atoms with Crippen LogP contribution in [0.4, 0.5) is 0 Å². The molecule has 0 aliphatic carbocycles. The fourth-order valence-electron chi connectivity index (χ4n) is 6.07. The Balaban J connectivity index is 1.96. The minimum atomic E-state index is -0.118. The highest BCUT2D eigenvalue weighted by molar-refractivity contribution is 5.58. The van der Waals surface area contributed by atoms with Crippen molar-refractivity contribution in [3.05, 3.63) is 22.3 Å². The average molecular weight is 445 g/mol. The van der Waals surface area contributed by atoms with E-state index in [1.165, 1.54) is 37.7 Å². The largest absolute Gasteiger partial charge is 0.507 e. The third kappa shape index (κ3) is 6.91. The second-order valence-electron chi connectivity index (χ2n) is 13.4. The summed E-state index contributed by atoms with van der Waals surface area (Å²) in [5, 5.41) is 10.4. The maximum absolute atomic E-state index is 10.4. The molecule has 184 valence electrons. The van der Waals surface area contributed by atoms with Crippen molar-refractivity contribution in [2.45, 2.75) is 133 Å². The molecule has 0 amide bonds. The van der Waals surface area contributed by atoms with Crippen molar-refractivity contribution in [3.63, 3.8) is 0 Å². The van der Waals surface area contributed by atoms with Gasteiger partial charge in [0, 0.05) is 5.56 Å². The Morgan fingerprint density at radius 2 is 1.50 bits per heavy atom. The fraction of sp³-hybridized carbons (Fsp3) is 0.800. The number of hydrogen-bond donors (Lipinski definition) is 1. The molecule has 1 aromatic rings. The van der Waals surface area contributed by atoms with Crippen molar-refractivity contribution in [1.82, 2.24) is 0 Å². The fourth-order valence-corrected chi connectivity index (χ4v) is 6.07. The van der Waals surface area contributed by atoms with Gasteiger partial charge in [-0.15, -0.1) is 0 Å². The van der Waals surface area contributed by atoms with Gasteiger partial charge in [-0.05, 0) is 112 Å². The van der Waals surface area contributed by atoms with Crippen molar-refractivity contribution in [2.24, 2.45) is 22.7 Å². The highest BCUT2D eigenvalue weighted by Gasteiger charge is 2.36. The minimum absolute atomic E-state index is 0.118. The van der Waals surface area contributed by atoms with Gasteiger partial charge in [-0.1, -0.05) is 54.9 Å². The van der Waals surface area contributed by atoms with Gasteiger partial charge in [0.2, 0.25) is 0 Å². The predicted octanol–water partition coefficient (Wildman–Crippen LogP) is 9.09.